The maximum Gasteiger partial charge on any atom is 0.0344 e. The van der Waals surface area contributed by atoms with Crippen LogP contribution in [0.1, 0.15) is 136 Å². The Balaban J connectivity index is 2.51. The van der Waals surface area contributed by atoms with Crippen molar-refractivity contribution in [3.63, 3.8) is 0 Å². The zero-order chi connectivity index (χ0) is 23.8. The molecule has 0 aromatic heterocycles. The molecule has 33 heavy (non-hydrogen) atoms. The Labute approximate surface area is 221 Å². The van der Waals surface area contributed by atoms with E-state index in [1.807, 2.05) is 0 Å². The largest absolute Gasteiger partial charge is 0.125 e. The normalized spacial score (nSPS) is 11.4. The van der Waals surface area contributed by atoms with Gasteiger partial charge in [-0.2, -0.15) is 0 Å². The number of rotatable bonds is 24. The maximum atomic E-state index is 2.39. The Kier molecular flexibility index (Phi) is 22.8. The highest BCUT2D eigenvalue weighted by molar-refractivity contribution is 8.03. The molecule has 192 valence electrons. The van der Waals surface area contributed by atoms with Crippen LogP contribution in [0.15, 0.2) is 32.9 Å². The molecule has 0 spiro atoms. The molecule has 0 fully saturated rings. The fourth-order valence-corrected chi connectivity index (χ4v) is 7.76. The van der Waals surface area contributed by atoms with Crippen molar-refractivity contribution in [1.29, 1.82) is 0 Å². The third kappa shape index (κ3) is 17.4. The monoisotopic (exact) mass is 510 g/mol. The number of unbranched alkanes of at least 4 members (excludes halogenated alkanes) is 15. The molecule has 0 saturated carbocycles. The smallest absolute Gasteiger partial charge is 0.0344 e. The Morgan fingerprint density at radius 3 is 1.15 bits per heavy atom. The van der Waals surface area contributed by atoms with Crippen LogP contribution in [-0.2, 0) is 0 Å². The minimum absolute atomic E-state index is 1.28. The summed E-state index contributed by atoms with van der Waals surface area (Å²) < 4.78 is 0. The summed E-state index contributed by atoms with van der Waals surface area (Å²) in [7, 11) is 0. The highest BCUT2D eigenvalue weighted by Gasteiger charge is 2.10. The average molecular weight is 511 g/mol. The van der Waals surface area contributed by atoms with Gasteiger partial charge in [0.2, 0.25) is 0 Å². The second kappa shape index (κ2) is 24.0. The van der Waals surface area contributed by atoms with Gasteiger partial charge in [-0.15, -0.1) is 35.3 Å². The van der Waals surface area contributed by atoms with Gasteiger partial charge in [-0.25, -0.2) is 0 Å². The van der Waals surface area contributed by atoms with E-state index in [-0.39, 0.29) is 0 Å². The highest BCUT2D eigenvalue weighted by atomic mass is 32.2. The zero-order valence-corrected chi connectivity index (χ0v) is 24.8. The summed E-state index contributed by atoms with van der Waals surface area (Å²) >= 11 is 6.38. The molecule has 0 aliphatic heterocycles. The highest BCUT2D eigenvalue weighted by Crippen LogP contribution is 2.40. The fraction of sp³-hybridized carbons (Fsp3) is 0.800. The van der Waals surface area contributed by atoms with Crippen LogP contribution in [0.3, 0.4) is 0 Å². The van der Waals surface area contributed by atoms with Gasteiger partial charge in [0.25, 0.3) is 0 Å². The first-order chi connectivity index (χ1) is 16.3. The van der Waals surface area contributed by atoms with Crippen LogP contribution in [0.4, 0.5) is 0 Å². The lowest BCUT2D eigenvalue weighted by molar-refractivity contribution is 0.626. The van der Waals surface area contributed by atoms with Gasteiger partial charge in [0.05, 0.1) is 0 Å². The van der Waals surface area contributed by atoms with Gasteiger partial charge in [0.15, 0.2) is 0 Å². The van der Waals surface area contributed by atoms with Crippen molar-refractivity contribution in [2.24, 2.45) is 0 Å². The number of thioether (sulfide) groups is 3. The van der Waals surface area contributed by atoms with Gasteiger partial charge < -0.3 is 0 Å². The summed E-state index contributed by atoms with van der Waals surface area (Å²) in [5, 5.41) is 0. The number of hydrogen-bond acceptors (Lipinski definition) is 3. The number of hydrogen-bond donors (Lipinski definition) is 0. The molecule has 0 aliphatic rings. The van der Waals surface area contributed by atoms with Crippen LogP contribution in [0.5, 0.6) is 0 Å². The lowest BCUT2D eigenvalue weighted by Gasteiger charge is -2.14. The number of benzene rings is 1. The van der Waals surface area contributed by atoms with E-state index in [1.54, 1.807) is 14.7 Å². The van der Waals surface area contributed by atoms with Crippen LogP contribution in [0, 0.1) is 0 Å². The summed E-state index contributed by atoms with van der Waals surface area (Å²) in [4.78, 5) is 4.69. The molecule has 1 rings (SSSR count). The minimum atomic E-state index is 1.28. The van der Waals surface area contributed by atoms with Crippen LogP contribution in [-0.4, -0.2) is 17.3 Å². The van der Waals surface area contributed by atoms with E-state index in [0.717, 1.165) is 0 Å². The first kappa shape index (κ1) is 31.3. The Hall–Kier alpha value is 0.270. The van der Waals surface area contributed by atoms with Gasteiger partial charge in [-0.1, -0.05) is 123 Å². The quantitative estimate of drug-likeness (QED) is 0.100. The van der Waals surface area contributed by atoms with E-state index >= 15 is 0 Å². The fourth-order valence-electron chi connectivity index (χ4n) is 4.05. The molecule has 0 atom stereocenters. The molecule has 0 radical (unpaired) electrons. The molecule has 1 aromatic carbocycles. The van der Waals surface area contributed by atoms with E-state index in [0.29, 0.717) is 0 Å². The van der Waals surface area contributed by atoms with Crippen molar-refractivity contribution in [3.05, 3.63) is 18.2 Å². The van der Waals surface area contributed by atoms with Crippen LogP contribution < -0.4 is 0 Å². The lowest BCUT2D eigenvalue weighted by Crippen LogP contribution is -1.91. The summed E-state index contributed by atoms with van der Waals surface area (Å²) in [6, 6.07) is 7.09. The lowest BCUT2D eigenvalue weighted by atomic mass is 10.1. The van der Waals surface area contributed by atoms with Crippen LogP contribution >= 0.6 is 35.3 Å². The third-order valence-electron chi connectivity index (χ3n) is 6.20. The molecule has 3 heteroatoms. The first-order valence-electron chi connectivity index (χ1n) is 14.3. The molecule has 0 saturated heterocycles. The van der Waals surface area contributed by atoms with E-state index in [9.17, 15) is 0 Å². The maximum absolute atomic E-state index is 2.39. The molecule has 0 nitrogen and oxygen atoms in total. The van der Waals surface area contributed by atoms with E-state index in [1.165, 1.54) is 133 Å². The molecule has 0 aliphatic carbocycles. The van der Waals surface area contributed by atoms with Crippen LogP contribution in [0.2, 0.25) is 0 Å². The Morgan fingerprint density at radius 2 is 0.758 bits per heavy atom. The summed E-state index contributed by atoms with van der Waals surface area (Å²) in [5.41, 5.74) is 0. The molecule has 0 heterocycles. The third-order valence-corrected chi connectivity index (χ3v) is 9.97. The van der Waals surface area contributed by atoms with Gasteiger partial charge in [-0.3, -0.25) is 0 Å². The summed E-state index contributed by atoms with van der Waals surface area (Å²) in [6.45, 7) is 6.91. The molecule has 1 aromatic rings. The molecule has 0 unspecified atom stereocenters. The zero-order valence-electron chi connectivity index (χ0n) is 22.3. The SMILES string of the molecule is CCCCCCCCSc1cccc(SCCCCCCCC)c1SCCCCCCCC. The van der Waals surface area contributed by atoms with E-state index < -0.39 is 0 Å². The second-order valence-electron chi connectivity index (χ2n) is 9.43. The summed E-state index contributed by atoms with van der Waals surface area (Å²) in [6.07, 6.45) is 25.1. The summed E-state index contributed by atoms with van der Waals surface area (Å²) in [5.74, 6) is 3.84. The molecule has 0 N–H and O–H groups in total. The molecular weight excluding hydrogens is 457 g/mol. The van der Waals surface area contributed by atoms with E-state index in [4.69, 9.17) is 0 Å². The molecular formula is C30H54S3. The van der Waals surface area contributed by atoms with Gasteiger partial charge in [-0.05, 0) is 48.7 Å². The second-order valence-corrected chi connectivity index (χ2v) is 12.8. The molecule has 0 bridgehead atoms. The topological polar surface area (TPSA) is 0 Å². The predicted octanol–water partition coefficient (Wildman–Crippen LogP) is 12.0. The van der Waals surface area contributed by atoms with Crippen molar-refractivity contribution < 1.29 is 0 Å². The Bertz CT molecular complexity index is 507. The standard InChI is InChI=1S/C30H54S3/c1-4-7-10-13-16-19-25-31-28-23-22-24-29(32-26-20-17-14-11-8-5-2)30(28)33-27-21-18-15-12-9-6-3/h22-24H,4-21,25-27H2,1-3H3. The average Bonchev–Trinajstić information content (AvgIpc) is 2.83. The first-order valence-corrected chi connectivity index (χ1v) is 17.3. The van der Waals surface area contributed by atoms with Gasteiger partial charge >= 0.3 is 0 Å². The van der Waals surface area contributed by atoms with Crippen molar-refractivity contribution in [1.82, 2.24) is 0 Å². The molecule has 0 amide bonds. The van der Waals surface area contributed by atoms with Gasteiger partial charge in [0, 0.05) is 14.7 Å². The van der Waals surface area contributed by atoms with Crippen molar-refractivity contribution in [3.8, 4) is 0 Å². The minimum Gasteiger partial charge on any atom is -0.125 e. The van der Waals surface area contributed by atoms with Gasteiger partial charge in [0.1, 0.15) is 0 Å². The predicted molar refractivity (Wildman–Crippen MR) is 159 cm³/mol. The van der Waals surface area contributed by atoms with Crippen molar-refractivity contribution in [2.75, 3.05) is 17.3 Å². The van der Waals surface area contributed by atoms with Crippen LogP contribution in [0.25, 0.3) is 0 Å². The Morgan fingerprint density at radius 1 is 0.424 bits per heavy atom. The van der Waals surface area contributed by atoms with Crippen molar-refractivity contribution >= 4 is 35.3 Å². The van der Waals surface area contributed by atoms with E-state index in [2.05, 4.69) is 74.3 Å². The van der Waals surface area contributed by atoms with Crippen molar-refractivity contribution in [2.45, 2.75) is 151 Å².